The fourth-order valence-corrected chi connectivity index (χ4v) is 3.11. The molecule has 1 N–H and O–H groups in total. The van der Waals surface area contributed by atoms with Crippen molar-refractivity contribution >= 4 is 11.8 Å². The molecule has 0 amide bonds. The first-order valence-corrected chi connectivity index (χ1v) is 10.4. The number of carbonyl (C=O) groups is 2. The number of rotatable bonds is 6. The maximum atomic E-state index is 12.4. The lowest BCUT2D eigenvalue weighted by Gasteiger charge is -2.11. The Labute approximate surface area is 198 Å². The van der Waals surface area contributed by atoms with Crippen molar-refractivity contribution in [3.63, 3.8) is 0 Å². The van der Waals surface area contributed by atoms with Crippen LogP contribution in [0.2, 0.25) is 0 Å². The Morgan fingerprint density at radius 2 is 1.24 bits per heavy atom. The van der Waals surface area contributed by atoms with E-state index < -0.39 is 5.97 Å². The van der Waals surface area contributed by atoms with E-state index in [4.69, 9.17) is 14.2 Å². The normalized spacial score (nSPS) is 9.82. The molecule has 0 radical (unpaired) electrons. The lowest BCUT2D eigenvalue weighted by atomic mass is 10.0. The molecule has 0 unspecified atom stereocenters. The van der Waals surface area contributed by atoms with Gasteiger partial charge in [-0.05, 0) is 36.4 Å². The largest absolute Gasteiger partial charge is 0.507 e. The molecular weight excluding hydrogens is 432 g/mol. The van der Waals surface area contributed by atoms with E-state index in [-0.39, 0.29) is 17.1 Å². The summed E-state index contributed by atoms with van der Waals surface area (Å²) in [5.74, 6) is 0.753. The van der Waals surface area contributed by atoms with Gasteiger partial charge in [-0.2, -0.15) is 0 Å². The van der Waals surface area contributed by atoms with Crippen molar-refractivity contribution in [2.45, 2.75) is 0 Å². The summed E-state index contributed by atoms with van der Waals surface area (Å²) < 4.78 is 15.5. The number of benzene rings is 4. The average Bonchev–Trinajstić information content (AvgIpc) is 2.89. The first-order chi connectivity index (χ1) is 16.5. The Hall–Kier alpha value is -4.58. The van der Waals surface area contributed by atoms with Gasteiger partial charge >= 0.3 is 5.97 Å². The van der Waals surface area contributed by atoms with Crippen molar-refractivity contribution in [3.8, 4) is 23.0 Å². The summed E-state index contributed by atoms with van der Waals surface area (Å²) in [5, 5.41) is 9.46. The molecule has 0 aliphatic rings. The van der Waals surface area contributed by atoms with E-state index in [9.17, 15) is 14.7 Å². The van der Waals surface area contributed by atoms with Crippen LogP contribution >= 0.6 is 0 Å². The molecular formula is C28H24O6. The zero-order valence-corrected chi connectivity index (χ0v) is 18.8. The molecule has 0 aromatic heterocycles. The van der Waals surface area contributed by atoms with Crippen molar-refractivity contribution in [2.75, 3.05) is 14.2 Å². The molecule has 6 nitrogen and oxygen atoms in total. The van der Waals surface area contributed by atoms with Gasteiger partial charge in [-0.15, -0.1) is 0 Å². The molecule has 0 heterocycles. The van der Waals surface area contributed by atoms with Crippen LogP contribution in [0.25, 0.3) is 0 Å². The number of para-hydroxylation sites is 3. The number of carbonyl (C=O) groups excluding carboxylic acids is 2. The Kier molecular flexibility index (Phi) is 8.41. The van der Waals surface area contributed by atoms with Gasteiger partial charge in [0.05, 0.1) is 19.8 Å². The van der Waals surface area contributed by atoms with Crippen molar-refractivity contribution in [2.24, 2.45) is 0 Å². The summed E-state index contributed by atoms with van der Waals surface area (Å²) in [6.45, 7) is 0. The van der Waals surface area contributed by atoms with E-state index in [0.717, 1.165) is 0 Å². The number of methoxy groups -OCH3 is 2. The molecule has 0 bridgehead atoms. The van der Waals surface area contributed by atoms with Crippen molar-refractivity contribution in [1.82, 2.24) is 0 Å². The van der Waals surface area contributed by atoms with Crippen LogP contribution in [0.5, 0.6) is 23.0 Å². The maximum absolute atomic E-state index is 12.4. The fourth-order valence-electron chi connectivity index (χ4n) is 3.11. The minimum Gasteiger partial charge on any atom is -0.507 e. The number of hydrogen-bond acceptors (Lipinski definition) is 6. The van der Waals surface area contributed by atoms with E-state index in [2.05, 4.69) is 0 Å². The minimum atomic E-state index is -0.565. The minimum absolute atomic E-state index is 0.0775. The summed E-state index contributed by atoms with van der Waals surface area (Å²) in [4.78, 5) is 24.0. The predicted octanol–water partition coefficient (Wildman–Crippen LogP) is 5.55. The summed E-state index contributed by atoms with van der Waals surface area (Å²) in [6.07, 6.45) is 0. The molecule has 0 aliphatic carbocycles. The topological polar surface area (TPSA) is 82.1 Å². The molecule has 172 valence electrons. The number of ketones is 1. The highest BCUT2D eigenvalue weighted by Gasteiger charge is 2.17. The molecule has 4 aromatic rings. The number of hydrogen-bond donors (Lipinski definition) is 1. The first-order valence-electron chi connectivity index (χ1n) is 10.4. The van der Waals surface area contributed by atoms with E-state index in [0.29, 0.717) is 28.4 Å². The lowest BCUT2D eigenvalue weighted by molar-refractivity contribution is 0.0731. The summed E-state index contributed by atoms with van der Waals surface area (Å²) in [6, 6.07) is 29.4. The highest BCUT2D eigenvalue weighted by atomic mass is 16.5. The maximum Gasteiger partial charge on any atom is 0.347 e. The van der Waals surface area contributed by atoms with Crippen molar-refractivity contribution in [3.05, 3.63) is 120 Å². The Balaban J connectivity index is 0.000000192. The number of aromatic hydroxyl groups is 1. The third-order valence-electron chi connectivity index (χ3n) is 4.76. The molecule has 0 spiro atoms. The average molecular weight is 456 g/mol. The van der Waals surface area contributed by atoms with Crippen LogP contribution in [0.15, 0.2) is 103 Å². The molecule has 4 aromatic carbocycles. The smallest absolute Gasteiger partial charge is 0.347 e. The van der Waals surface area contributed by atoms with Crippen LogP contribution in [0.1, 0.15) is 26.3 Å². The van der Waals surface area contributed by atoms with E-state index in [1.807, 2.05) is 24.3 Å². The second-order valence-corrected chi connectivity index (χ2v) is 6.96. The lowest BCUT2D eigenvalue weighted by Crippen LogP contribution is -2.08. The van der Waals surface area contributed by atoms with Crippen molar-refractivity contribution < 1.29 is 28.9 Å². The Bertz CT molecular complexity index is 1240. The van der Waals surface area contributed by atoms with E-state index in [1.54, 1.807) is 73.8 Å². The number of ether oxygens (including phenoxy) is 3. The summed E-state index contributed by atoms with van der Waals surface area (Å²) in [5.41, 5.74) is 1.29. The van der Waals surface area contributed by atoms with Gasteiger partial charge in [0, 0.05) is 5.56 Å². The highest BCUT2D eigenvalue weighted by molar-refractivity contribution is 6.11. The molecule has 0 aliphatic heterocycles. The molecule has 0 atom stereocenters. The number of phenolic OH excluding ortho intramolecular Hbond substituents is 1. The Morgan fingerprint density at radius 3 is 1.85 bits per heavy atom. The molecule has 4 rings (SSSR count). The van der Waals surface area contributed by atoms with Crippen LogP contribution in [0.3, 0.4) is 0 Å². The van der Waals surface area contributed by atoms with Gasteiger partial charge < -0.3 is 19.3 Å². The SMILES string of the molecule is COc1cccc(C(=O)c2ccccc2)c1OC.O=C(Oc1ccccc1)c1ccccc1O. The first kappa shape index (κ1) is 24.1. The summed E-state index contributed by atoms with van der Waals surface area (Å²) >= 11 is 0. The van der Waals surface area contributed by atoms with Gasteiger partial charge in [0.2, 0.25) is 0 Å². The second-order valence-electron chi connectivity index (χ2n) is 6.96. The van der Waals surface area contributed by atoms with Crippen molar-refractivity contribution in [1.29, 1.82) is 0 Å². The summed E-state index contributed by atoms with van der Waals surface area (Å²) in [7, 11) is 3.08. The van der Waals surface area contributed by atoms with E-state index >= 15 is 0 Å². The molecule has 6 heteroatoms. The third-order valence-corrected chi connectivity index (χ3v) is 4.76. The van der Waals surface area contributed by atoms with Gasteiger partial charge in [0.15, 0.2) is 17.3 Å². The Morgan fingerprint density at radius 1 is 0.647 bits per heavy atom. The van der Waals surface area contributed by atoms with Crippen LogP contribution in [0.4, 0.5) is 0 Å². The third kappa shape index (κ3) is 6.01. The molecule has 0 saturated carbocycles. The molecule has 0 fully saturated rings. The predicted molar refractivity (Wildman–Crippen MR) is 129 cm³/mol. The fraction of sp³-hybridized carbons (Fsp3) is 0.0714. The molecule has 0 saturated heterocycles. The standard InChI is InChI=1S/C15H14O3.C13H10O3/c1-17-13-10-6-9-12(15(13)18-2)14(16)11-7-4-3-5-8-11;14-12-9-5-4-8-11(12)13(15)16-10-6-2-1-3-7-10/h3-10H,1-2H3;1-9,14H. The highest BCUT2D eigenvalue weighted by Crippen LogP contribution is 2.32. The van der Waals surface area contributed by atoms with Crippen LogP contribution in [-0.2, 0) is 0 Å². The number of esters is 1. The van der Waals surface area contributed by atoms with Gasteiger partial charge in [-0.1, -0.05) is 66.7 Å². The van der Waals surface area contributed by atoms with Gasteiger partial charge in [0.25, 0.3) is 0 Å². The number of phenols is 1. The van der Waals surface area contributed by atoms with E-state index in [1.165, 1.54) is 19.2 Å². The van der Waals surface area contributed by atoms with Crippen LogP contribution in [-0.4, -0.2) is 31.1 Å². The van der Waals surface area contributed by atoms with Gasteiger partial charge in [0.1, 0.15) is 17.1 Å². The zero-order valence-electron chi connectivity index (χ0n) is 18.8. The second kappa shape index (κ2) is 11.9. The van der Waals surface area contributed by atoms with Crippen LogP contribution < -0.4 is 14.2 Å². The van der Waals surface area contributed by atoms with Gasteiger partial charge in [-0.3, -0.25) is 4.79 Å². The monoisotopic (exact) mass is 456 g/mol. The van der Waals surface area contributed by atoms with Gasteiger partial charge in [-0.25, -0.2) is 4.79 Å². The molecule has 34 heavy (non-hydrogen) atoms. The quantitative estimate of drug-likeness (QED) is 0.233. The zero-order chi connectivity index (χ0) is 24.3. The van der Waals surface area contributed by atoms with Crippen LogP contribution in [0, 0.1) is 0 Å².